The standard InChI is InChI=1S/C24H34.2C2H6/c1-17-9-13-21(23(3,4)5)15-19(17)11-12-20-16-22(24(6,7)8)14-10-18(20)2;2*1-2/h9-10,13-16H,11-12H2,1-8H3;2*1-2H3. The van der Waals surface area contributed by atoms with E-state index in [1.54, 1.807) is 0 Å². The summed E-state index contributed by atoms with van der Waals surface area (Å²) in [5.74, 6) is 0. The average Bonchev–Trinajstić information content (AvgIpc) is 2.63. The second-order valence-corrected chi connectivity index (χ2v) is 9.28. The summed E-state index contributed by atoms with van der Waals surface area (Å²) in [4.78, 5) is 0. The molecule has 0 amide bonds. The largest absolute Gasteiger partial charge is 0.0683 e. The van der Waals surface area contributed by atoms with Gasteiger partial charge in [0, 0.05) is 0 Å². The smallest absolute Gasteiger partial charge is 0.0132 e. The summed E-state index contributed by atoms with van der Waals surface area (Å²) in [6.07, 6.45) is 2.23. The molecule has 0 saturated carbocycles. The Balaban J connectivity index is 0.00000171. The predicted molar refractivity (Wildman–Crippen MR) is 130 cm³/mol. The molecule has 0 aliphatic rings. The molecule has 0 heterocycles. The molecule has 0 fully saturated rings. The normalized spacial score (nSPS) is 11.1. The van der Waals surface area contributed by atoms with Gasteiger partial charge in [-0.3, -0.25) is 0 Å². The molecule has 0 radical (unpaired) electrons. The van der Waals surface area contributed by atoms with E-state index in [0.29, 0.717) is 0 Å². The highest BCUT2D eigenvalue weighted by molar-refractivity contribution is 5.38. The summed E-state index contributed by atoms with van der Waals surface area (Å²) in [5.41, 5.74) is 9.09. The fourth-order valence-corrected chi connectivity index (χ4v) is 3.08. The van der Waals surface area contributed by atoms with Gasteiger partial charge in [-0.15, -0.1) is 0 Å². The molecule has 0 aliphatic heterocycles. The minimum absolute atomic E-state index is 0.213. The van der Waals surface area contributed by atoms with Crippen LogP contribution >= 0.6 is 0 Å². The van der Waals surface area contributed by atoms with Crippen molar-refractivity contribution in [2.75, 3.05) is 0 Å². The number of rotatable bonds is 3. The molecule has 0 aromatic heterocycles. The molecule has 28 heavy (non-hydrogen) atoms. The topological polar surface area (TPSA) is 0 Å². The fourth-order valence-electron chi connectivity index (χ4n) is 3.08. The van der Waals surface area contributed by atoms with Crippen LogP contribution in [0.5, 0.6) is 0 Å². The first-order chi connectivity index (χ1) is 13.0. The summed E-state index contributed by atoms with van der Waals surface area (Å²) in [7, 11) is 0. The van der Waals surface area contributed by atoms with Gasteiger partial charge in [-0.25, -0.2) is 0 Å². The predicted octanol–water partition coefficient (Wildman–Crippen LogP) is 8.74. The van der Waals surface area contributed by atoms with Crippen LogP contribution in [0, 0.1) is 13.8 Å². The van der Waals surface area contributed by atoms with E-state index in [1.807, 2.05) is 27.7 Å². The quantitative estimate of drug-likeness (QED) is 0.497. The molecule has 0 spiro atoms. The Morgan fingerprint density at radius 1 is 0.536 bits per heavy atom. The van der Waals surface area contributed by atoms with Crippen molar-refractivity contribution in [3.05, 3.63) is 69.8 Å². The van der Waals surface area contributed by atoms with Crippen LogP contribution in [-0.4, -0.2) is 0 Å². The third-order valence-corrected chi connectivity index (χ3v) is 5.09. The van der Waals surface area contributed by atoms with E-state index >= 15 is 0 Å². The van der Waals surface area contributed by atoms with Crippen LogP contribution in [0.2, 0.25) is 0 Å². The zero-order valence-electron chi connectivity index (χ0n) is 20.9. The fraction of sp³-hybridized carbons (Fsp3) is 0.571. The number of aryl methyl sites for hydroxylation is 4. The molecule has 0 heteroatoms. The summed E-state index contributed by atoms with van der Waals surface area (Å²) in [5, 5.41) is 0. The molecule has 2 aromatic carbocycles. The van der Waals surface area contributed by atoms with Crippen LogP contribution in [0.15, 0.2) is 36.4 Å². The van der Waals surface area contributed by atoms with Gasteiger partial charge < -0.3 is 0 Å². The lowest BCUT2D eigenvalue weighted by atomic mass is 9.83. The molecule has 0 aliphatic carbocycles. The van der Waals surface area contributed by atoms with Crippen LogP contribution in [0.3, 0.4) is 0 Å². The van der Waals surface area contributed by atoms with E-state index in [0.717, 1.165) is 12.8 Å². The Bertz CT molecular complexity index is 642. The van der Waals surface area contributed by atoms with Crippen molar-refractivity contribution in [3.63, 3.8) is 0 Å². The van der Waals surface area contributed by atoms with Crippen molar-refractivity contribution in [2.24, 2.45) is 0 Å². The van der Waals surface area contributed by atoms with E-state index in [9.17, 15) is 0 Å². The minimum Gasteiger partial charge on any atom is -0.0683 e. The number of hydrogen-bond acceptors (Lipinski definition) is 0. The molecule has 2 aromatic rings. The van der Waals surface area contributed by atoms with Gasteiger partial charge in [0.05, 0.1) is 0 Å². The van der Waals surface area contributed by atoms with Crippen molar-refractivity contribution in [1.29, 1.82) is 0 Å². The minimum atomic E-state index is 0.213. The van der Waals surface area contributed by atoms with Gasteiger partial charge in [-0.2, -0.15) is 0 Å². The van der Waals surface area contributed by atoms with E-state index in [1.165, 1.54) is 33.4 Å². The first-order valence-corrected chi connectivity index (χ1v) is 11.2. The first kappa shape index (κ1) is 26.4. The molecule has 2 rings (SSSR count). The highest BCUT2D eigenvalue weighted by Gasteiger charge is 2.16. The average molecular weight is 383 g/mol. The van der Waals surface area contributed by atoms with Crippen molar-refractivity contribution < 1.29 is 0 Å². The Hall–Kier alpha value is -1.56. The summed E-state index contributed by atoms with van der Waals surface area (Å²) in [6, 6.07) is 14.0. The SMILES string of the molecule is CC.CC.Cc1ccc(C(C)(C)C)cc1CCc1cc(C(C)(C)C)ccc1C. The maximum Gasteiger partial charge on any atom is -0.0132 e. The maximum atomic E-state index is 2.41. The van der Waals surface area contributed by atoms with E-state index in [4.69, 9.17) is 0 Å². The van der Waals surface area contributed by atoms with Crippen LogP contribution in [0.4, 0.5) is 0 Å². The van der Waals surface area contributed by atoms with E-state index in [-0.39, 0.29) is 10.8 Å². The van der Waals surface area contributed by atoms with Crippen molar-refractivity contribution in [2.45, 2.75) is 107 Å². The second-order valence-electron chi connectivity index (χ2n) is 9.28. The molecular weight excluding hydrogens is 336 g/mol. The van der Waals surface area contributed by atoms with Gasteiger partial charge in [0.1, 0.15) is 0 Å². The van der Waals surface area contributed by atoms with Gasteiger partial charge in [-0.05, 0) is 70.9 Å². The Morgan fingerprint density at radius 3 is 1.07 bits per heavy atom. The Kier molecular flexibility index (Phi) is 10.8. The molecule has 0 bridgehead atoms. The molecular formula is C28H46. The van der Waals surface area contributed by atoms with Gasteiger partial charge in [0.15, 0.2) is 0 Å². The van der Waals surface area contributed by atoms with Crippen LogP contribution in [0.1, 0.15) is 103 Å². The molecule has 158 valence electrons. The van der Waals surface area contributed by atoms with Crippen LogP contribution < -0.4 is 0 Å². The molecule has 0 saturated heterocycles. The zero-order chi connectivity index (χ0) is 22.1. The molecule has 0 nitrogen and oxygen atoms in total. The monoisotopic (exact) mass is 382 g/mol. The van der Waals surface area contributed by atoms with E-state index < -0.39 is 0 Å². The first-order valence-electron chi connectivity index (χ1n) is 11.2. The van der Waals surface area contributed by atoms with Crippen molar-refractivity contribution in [3.8, 4) is 0 Å². The lowest BCUT2D eigenvalue weighted by molar-refractivity contribution is 0.587. The Labute approximate surface area is 176 Å². The lowest BCUT2D eigenvalue weighted by Crippen LogP contribution is -2.13. The molecule has 0 atom stereocenters. The molecule has 0 N–H and O–H groups in total. The highest BCUT2D eigenvalue weighted by atomic mass is 14.2. The Morgan fingerprint density at radius 2 is 0.821 bits per heavy atom. The van der Waals surface area contributed by atoms with E-state index in [2.05, 4.69) is 91.8 Å². The summed E-state index contributed by atoms with van der Waals surface area (Å²) in [6.45, 7) is 26.2. The van der Waals surface area contributed by atoms with Gasteiger partial charge in [0.25, 0.3) is 0 Å². The number of hydrogen-bond donors (Lipinski definition) is 0. The van der Waals surface area contributed by atoms with Crippen LogP contribution in [0.25, 0.3) is 0 Å². The summed E-state index contributed by atoms with van der Waals surface area (Å²) < 4.78 is 0. The molecule has 0 unspecified atom stereocenters. The third-order valence-electron chi connectivity index (χ3n) is 5.09. The highest BCUT2D eigenvalue weighted by Crippen LogP contribution is 2.27. The van der Waals surface area contributed by atoms with Gasteiger partial charge in [-0.1, -0.05) is 106 Å². The third kappa shape index (κ3) is 7.82. The number of benzene rings is 2. The van der Waals surface area contributed by atoms with Gasteiger partial charge >= 0.3 is 0 Å². The van der Waals surface area contributed by atoms with Crippen molar-refractivity contribution >= 4 is 0 Å². The maximum absolute atomic E-state index is 2.41. The summed E-state index contributed by atoms with van der Waals surface area (Å²) >= 11 is 0. The second kappa shape index (κ2) is 11.4. The lowest BCUT2D eigenvalue weighted by Gasteiger charge is -2.22. The zero-order valence-corrected chi connectivity index (χ0v) is 20.9. The van der Waals surface area contributed by atoms with Gasteiger partial charge in [0.2, 0.25) is 0 Å². The van der Waals surface area contributed by atoms with Crippen LogP contribution in [-0.2, 0) is 23.7 Å². The van der Waals surface area contributed by atoms with Crippen molar-refractivity contribution in [1.82, 2.24) is 0 Å².